The van der Waals surface area contributed by atoms with Gasteiger partial charge in [0.2, 0.25) is 0 Å². The molecular formula is C20H25N3O3S. The van der Waals surface area contributed by atoms with Crippen LogP contribution in [0.5, 0.6) is 11.8 Å². The average molecular weight is 388 g/mol. The van der Waals surface area contributed by atoms with Crippen LogP contribution in [0.15, 0.2) is 48.6 Å². The first-order chi connectivity index (χ1) is 12.7. The molecule has 2 aromatic rings. The van der Waals surface area contributed by atoms with Crippen LogP contribution in [0.1, 0.15) is 18.7 Å². The van der Waals surface area contributed by atoms with Gasteiger partial charge in [0.05, 0.1) is 19.9 Å². The summed E-state index contributed by atoms with van der Waals surface area (Å²) in [7, 11) is 3.16. The van der Waals surface area contributed by atoms with E-state index in [2.05, 4.69) is 27.9 Å². The topological polar surface area (TPSA) is 73.3 Å². The number of nitrogens with zero attached hydrogens (tertiary/aromatic N) is 2. The second kappa shape index (κ2) is 11.7. The van der Waals surface area contributed by atoms with Crippen LogP contribution in [0.25, 0.3) is 4.91 Å². The number of carbonyl (C=O) groups excluding carboxylic acids is 1. The molecule has 1 aromatic heterocycles. The van der Waals surface area contributed by atoms with Crippen LogP contribution in [-0.4, -0.2) is 37.0 Å². The standard InChI is InChI=1S/C19H21N3O3S.CH4/c1-24-15-8-6-14(7-9-15)10-11-20-18-13-16(21-19(22-18)25-2)17(26)5-3-4-12-23;/h3-9,12-13,26H,10-11H2,1-2H3,(H,20,21,22);1H4/b4-3+,17-5-;. The predicted octanol–water partition coefficient (Wildman–Crippen LogP) is 3.81. The van der Waals surface area contributed by atoms with Crippen molar-refractivity contribution in [1.29, 1.82) is 0 Å². The number of ether oxygens (including phenoxy) is 2. The van der Waals surface area contributed by atoms with Crippen molar-refractivity contribution < 1.29 is 14.3 Å². The fourth-order valence-corrected chi connectivity index (χ4v) is 2.34. The van der Waals surface area contributed by atoms with E-state index in [4.69, 9.17) is 9.47 Å². The van der Waals surface area contributed by atoms with E-state index in [-0.39, 0.29) is 13.4 Å². The first kappa shape index (κ1) is 22.2. The van der Waals surface area contributed by atoms with Crippen molar-refractivity contribution in [2.24, 2.45) is 0 Å². The first-order valence-corrected chi connectivity index (χ1v) is 8.42. The lowest BCUT2D eigenvalue weighted by atomic mass is 10.1. The molecule has 0 saturated heterocycles. The maximum Gasteiger partial charge on any atom is 0.318 e. The van der Waals surface area contributed by atoms with Crippen molar-refractivity contribution in [3.8, 4) is 11.8 Å². The molecule has 0 bridgehead atoms. The molecule has 7 heteroatoms. The summed E-state index contributed by atoms with van der Waals surface area (Å²) in [4.78, 5) is 19.5. The maximum absolute atomic E-state index is 10.3. The van der Waals surface area contributed by atoms with Gasteiger partial charge in [0, 0.05) is 17.5 Å². The Balaban J connectivity index is 0.00000364. The zero-order chi connectivity index (χ0) is 18.8. The minimum Gasteiger partial charge on any atom is -0.497 e. The molecule has 1 aromatic carbocycles. The molecule has 6 nitrogen and oxygen atoms in total. The Kier molecular flexibility index (Phi) is 9.68. The van der Waals surface area contributed by atoms with Crippen molar-refractivity contribution in [3.63, 3.8) is 0 Å². The van der Waals surface area contributed by atoms with Crippen LogP contribution in [0.4, 0.5) is 5.82 Å². The summed E-state index contributed by atoms with van der Waals surface area (Å²) in [6.45, 7) is 0.697. The Morgan fingerprint density at radius 3 is 2.52 bits per heavy atom. The minimum absolute atomic E-state index is 0. The molecule has 0 spiro atoms. The van der Waals surface area contributed by atoms with Gasteiger partial charge in [-0.3, -0.25) is 4.79 Å². The average Bonchev–Trinajstić information content (AvgIpc) is 2.68. The van der Waals surface area contributed by atoms with Gasteiger partial charge in [0.1, 0.15) is 17.9 Å². The molecule has 0 aliphatic heterocycles. The van der Waals surface area contributed by atoms with Crippen molar-refractivity contribution in [3.05, 3.63) is 59.8 Å². The monoisotopic (exact) mass is 387 g/mol. The second-order valence-corrected chi connectivity index (χ2v) is 5.70. The molecule has 0 atom stereocenters. The number of hydrogen-bond donors (Lipinski definition) is 2. The van der Waals surface area contributed by atoms with E-state index in [0.717, 1.165) is 12.2 Å². The highest BCUT2D eigenvalue weighted by Gasteiger charge is 2.07. The second-order valence-electron chi connectivity index (χ2n) is 5.22. The maximum atomic E-state index is 10.3. The Hall–Kier alpha value is -2.80. The first-order valence-electron chi connectivity index (χ1n) is 7.97. The Bertz CT molecular complexity index is 790. The Morgan fingerprint density at radius 1 is 1.15 bits per heavy atom. The van der Waals surface area contributed by atoms with Gasteiger partial charge in [-0.15, -0.1) is 12.6 Å². The highest BCUT2D eigenvalue weighted by Crippen LogP contribution is 2.21. The van der Waals surface area contributed by atoms with Crippen LogP contribution in [0.3, 0.4) is 0 Å². The van der Waals surface area contributed by atoms with Gasteiger partial charge >= 0.3 is 6.01 Å². The number of benzene rings is 1. The number of aromatic nitrogens is 2. The fraction of sp³-hybridized carbons (Fsp3) is 0.250. The highest BCUT2D eigenvalue weighted by atomic mass is 32.1. The van der Waals surface area contributed by atoms with E-state index in [1.165, 1.54) is 18.7 Å². The molecule has 0 radical (unpaired) electrons. The number of allylic oxidation sites excluding steroid dienone is 3. The molecule has 0 fully saturated rings. The third-order valence-corrected chi connectivity index (χ3v) is 3.85. The van der Waals surface area contributed by atoms with Gasteiger partial charge in [-0.25, -0.2) is 0 Å². The number of aldehydes is 1. The van der Waals surface area contributed by atoms with Gasteiger partial charge in [0.25, 0.3) is 0 Å². The molecule has 27 heavy (non-hydrogen) atoms. The van der Waals surface area contributed by atoms with E-state index < -0.39 is 0 Å². The van der Waals surface area contributed by atoms with Crippen LogP contribution in [-0.2, 0) is 11.2 Å². The fourth-order valence-electron chi connectivity index (χ4n) is 2.14. The van der Waals surface area contributed by atoms with E-state index in [9.17, 15) is 4.79 Å². The quantitative estimate of drug-likeness (QED) is 0.295. The zero-order valence-corrected chi connectivity index (χ0v) is 15.6. The summed E-state index contributed by atoms with van der Waals surface area (Å²) in [6, 6.07) is 9.96. The number of nitrogens with one attached hydrogen (secondary N) is 1. The van der Waals surface area contributed by atoms with Crippen molar-refractivity contribution in [1.82, 2.24) is 9.97 Å². The summed E-state index contributed by atoms with van der Waals surface area (Å²) in [6.07, 6.45) is 6.19. The molecule has 0 aliphatic carbocycles. The number of rotatable bonds is 9. The number of thiol groups is 1. The van der Waals surface area contributed by atoms with E-state index >= 15 is 0 Å². The van der Waals surface area contributed by atoms with Gasteiger partial charge in [0.15, 0.2) is 0 Å². The Labute approximate surface area is 165 Å². The summed E-state index contributed by atoms with van der Waals surface area (Å²) in [5, 5.41) is 3.26. The van der Waals surface area contributed by atoms with E-state index in [1.807, 2.05) is 24.3 Å². The van der Waals surface area contributed by atoms with Crippen molar-refractivity contribution >= 4 is 29.6 Å². The molecule has 0 amide bonds. The van der Waals surface area contributed by atoms with E-state index in [1.54, 1.807) is 25.3 Å². The predicted molar refractivity (Wildman–Crippen MR) is 113 cm³/mol. The normalized spacial score (nSPS) is 11.0. The van der Waals surface area contributed by atoms with Crippen molar-refractivity contribution in [2.45, 2.75) is 13.8 Å². The summed E-state index contributed by atoms with van der Waals surface area (Å²) in [5.74, 6) is 1.48. The molecule has 1 N–H and O–H groups in total. The molecule has 0 saturated carbocycles. The SMILES string of the molecule is C.COc1ccc(CCNc2cc(/C(S)=C/C=C/C=O)nc(OC)n2)cc1. The lowest BCUT2D eigenvalue weighted by molar-refractivity contribution is -0.104. The summed E-state index contributed by atoms with van der Waals surface area (Å²) in [5.41, 5.74) is 1.79. The molecule has 2 rings (SSSR count). The number of hydrogen-bond acceptors (Lipinski definition) is 7. The van der Waals surface area contributed by atoms with Crippen LogP contribution < -0.4 is 14.8 Å². The van der Waals surface area contributed by atoms with Crippen molar-refractivity contribution in [2.75, 3.05) is 26.1 Å². The molecule has 144 valence electrons. The highest BCUT2D eigenvalue weighted by molar-refractivity contribution is 7.90. The molecular weight excluding hydrogens is 362 g/mol. The van der Waals surface area contributed by atoms with Gasteiger partial charge in [-0.05, 0) is 36.3 Å². The smallest absolute Gasteiger partial charge is 0.318 e. The number of anilines is 1. The van der Waals surface area contributed by atoms with Crippen LogP contribution >= 0.6 is 12.6 Å². The Morgan fingerprint density at radius 2 is 1.89 bits per heavy atom. The number of methoxy groups -OCH3 is 2. The molecule has 1 heterocycles. The number of carbonyl (C=O) groups is 1. The zero-order valence-electron chi connectivity index (χ0n) is 14.7. The van der Waals surface area contributed by atoms with Gasteiger partial charge in [-0.2, -0.15) is 9.97 Å². The molecule has 0 aliphatic rings. The largest absolute Gasteiger partial charge is 0.497 e. The van der Waals surface area contributed by atoms with E-state index in [0.29, 0.717) is 29.2 Å². The third-order valence-electron chi connectivity index (χ3n) is 3.47. The third kappa shape index (κ3) is 7.15. The molecule has 0 unspecified atom stereocenters. The summed E-state index contributed by atoms with van der Waals surface area (Å²) >= 11 is 4.40. The minimum atomic E-state index is 0. The van der Waals surface area contributed by atoms with Gasteiger partial charge in [-0.1, -0.05) is 25.6 Å². The lowest BCUT2D eigenvalue weighted by Crippen LogP contribution is -2.08. The lowest BCUT2D eigenvalue weighted by Gasteiger charge is -2.09. The van der Waals surface area contributed by atoms with Crippen LogP contribution in [0, 0.1) is 0 Å². The summed E-state index contributed by atoms with van der Waals surface area (Å²) < 4.78 is 10.3. The van der Waals surface area contributed by atoms with Crippen LogP contribution in [0.2, 0.25) is 0 Å². The van der Waals surface area contributed by atoms with Gasteiger partial charge < -0.3 is 14.8 Å².